The van der Waals surface area contributed by atoms with E-state index in [1.807, 2.05) is 36.4 Å². The Morgan fingerprint density at radius 3 is 2.37 bits per heavy atom. The van der Waals surface area contributed by atoms with Crippen LogP contribution in [0.2, 0.25) is 0 Å². The zero-order valence-corrected chi connectivity index (χ0v) is 19.0. The van der Waals surface area contributed by atoms with Crippen LogP contribution in [0.3, 0.4) is 0 Å². The van der Waals surface area contributed by atoms with Crippen molar-refractivity contribution < 1.29 is 4.42 Å². The molecular formula is C31H23N3O. The van der Waals surface area contributed by atoms with Crippen molar-refractivity contribution >= 4 is 33.8 Å². The Morgan fingerprint density at radius 1 is 0.743 bits per heavy atom. The first kappa shape index (κ1) is 19.9. The lowest BCUT2D eigenvalue weighted by Crippen LogP contribution is -2.28. The third kappa shape index (κ3) is 3.42. The van der Waals surface area contributed by atoms with Gasteiger partial charge in [0.05, 0.1) is 6.04 Å². The van der Waals surface area contributed by atoms with E-state index in [0.29, 0.717) is 17.9 Å². The van der Waals surface area contributed by atoms with E-state index in [1.54, 1.807) is 0 Å². The maximum atomic E-state index is 5.91. The van der Waals surface area contributed by atoms with Crippen LogP contribution in [0.15, 0.2) is 126 Å². The monoisotopic (exact) mass is 453 g/mol. The van der Waals surface area contributed by atoms with E-state index in [4.69, 9.17) is 4.42 Å². The number of nitrogens with zero attached hydrogens (tertiary/aromatic N) is 2. The molecule has 1 aromatic heterocycles. The summed E-state index contributed by atoms with van der Waals surface area (Å²) in [5.74, 6) is 0.998. The minimum Gasteiger partial charge on any atom is -0.436 e. The van der Waals surface area contributed by atoms with Gasteiger partial charge in [0.1, 0.15) is 5.52 Å². The average molecular weight is 454 g/mol. The summed E-state index contributed by atoms with van der Waals surface area (Å²) in [6.45, 7) is 0. The highest BCUT2D eigenvalue weighted by atomic mass is 16.3. The van der Waals surface area contributed by atoms with Gasteiger partial charge >= 0.3 is 0 Å². The number of oxazole rings is 1. The van der Waals surface area contributed by atoms with Crippen LogP contribution in [0, 0.1) is 0 Å². The summed E-state index contributed by atoms with van der Waals surface area (Å²) >= 11 is 0. The second-order valence-electron chi connectivity index (χ2n) is 8.95. The zero-order valence-electron chi connectivity index (χ0n) is 19.0. The van der Waals surface area contributed by atoms with Gasteiger partial charge in [-0.1, -0.05) is 60.7 Å². The van der Waals surface area contributed by atoms with Crippen LogP contribution in [0.4, 0.5) is 22.7 Å². The number of aromatic nitrogens is 1. The lowest BCUT2D eigenvalue weighted by Gasteiger charge is -2.28. The Balaban J connectivity index is 1.19. The standard InChI is InChI=1S/C31H23N3O/c1-2-8-24(9-3-1)34-28-12-6-4-10-25(28)26-19-18-23(20-29(26)34)32-22-16-14-21(15-17-22)31-33-27-11-5-7-13-30(27)35-31/h1-20,25,28,32H. The fourth-order valence-corrected chi connectivity index (χ4v) is 5.16. The van der Waals surface area contributed by atoms with E-state index in [1.165, 1.54) is 16.9 Å². The first-order valence-electron chi connectivity index (χ1n) is 11.9. The number of benzene rings is 4. The highest BCUT2D eigenvalue weighted by Gasteiger charge is 2.37. The summed E-state index contributed by atoms with van der Waals surface area (Å²) < 4.78 is 5.91. The average Bonchev–Trinajstić information content (AvgIpc) is 3.49. The van der Waals surface area contributed by atoms with Crippen molar-refractivity contribution in [2.24, 2.45) is 0 Å². The fraction of sp³-hybridized carbons (Fsp3) is 0.0645. The third-order valence-electron chi connectivity index (χ3n) is 6.80. The van der Waals surface area contributed by atoms with E-state index in [2.05, 4.69) is 100 Å². The molecule has 0 spiro atoms. The summed E-state index contributed by atoms with van der Waals surface area (Å²) in [5, 5.41) is 3.58. The van der Waals surface area contributed by atoms with E-state index in [-0.39, 0.29) is 0 Å². The molecule has 7 rings (SSSR count). The Bertz CT molecular complexity index is 1550. The van der Waals surface area contributed by atoms with Gasteiger partial charge in [-0.3, -0.25) is 0 Å². The van der Waals surface area contributed by atoms with Crippen LogP contribution in [0.5, 0.6) is 0 Å². The van der Waals surface area contributed by atoms with Gasteiger partial charge in [-0.05, 0) is 66.2 Å². The van der Waals surface area contributed by atoms with Gasteiger partial charge in [-0.25, -0.2) is 4.98 Å². The molecule has 0 bridgehead atoms. The molecule has 1 aliphatic carbocycles. The Morgan fingerprint density at radius 2 is 1.51 bits per heavy atom. The van der Waals surface area contributed by atoms with Crippen molar-refractivity contribution in [2.45, 2.75) is 12.0 Å². The molecule has 168 valence electrons. The van der Waals surface area contributed by atoms with Crippen LogP contribution in [0.25, 0.3) is 22.6 Å². The Kier molecular flexibility index (Phi) is 4.56. The van der Waals surface area contributed by atoms with Gasteiger partial charge in [-0.2, -0.15) is 0 Å². The minimum absolute atomic E-state index is 0.295. The number of fused-ring (bicyclic) bond motifs is 4. The number of hydrogen-bond acceptors (Lipinski definition) is 4. The molecule has 0 saturated heterocycles. The molecule has 0 radical (unpaired) electrons. The predicted octanol–water partition coefficient (Wildman–Crippen LogP) is 7.97. The Labute approximate surface area is 203 Å². The van der Waals surface area contributed by atoms with Crippen molar-refractivity contribution in [3.8, 4) is 11.5 Å². The number of nitrogens with one attached hydrogen (secondary N) is 1. The quantitative estimate of drug-likeness (QED) is 0.300. The predicted molar refractivity (Wildman–Crippen MR) is 143 cm³/mol. The molecule has 4 aromatic carbocycles. The molecule has 2 unspecified atom stereocenters. The molecular weight excluding hydrogens is 430 g/mol. The highest BCUT2D eigenvalue weighted by molar-refractivity contribution is 5.80. The van der Waals surface area contributed by atoms with Crippen molar-refractivity contribution in [1.82, 2.24) is 4.98 Å². The molecule has 0 saturated carbocycles. The molecule has 1 aliphatic heterocycles. The van der Waals surface area contributed by atoms with Gasteiger partial charge in [-0.15, -0.1) is 0 Å². The van der Waals surface area contributed by atoms with E-state index in [0.717, 1.165) is 28.0 Å². The summed E-state index contributed by atoms with van der Waals surface area (Å²) in [4.78, 5) is 7.05. The summed E-state index contributed by atoms with van der Waals surface area (Å²) in [6, 6.07) is 33.7. The van der Waals surface area contributed by atoms with Gasteiger partial charge in [0, 0.05) is 34.2 Å². The topological polar surface area (TPSA) is 41.3 Å². The fourth-order valence-electron chi connectivity index (χ4n) is 5.16. The van der Waals surface area contributed by atoms with Crippen LogP contribution in [-0.2, 0) is 0 Å². The first-order chi connectivity index (χ1) is 17.3. The van der Waals surface area contributed by atoms with Crippen LogP contribution < -0.4 is 10.2 Å². The van der Waals surface area contributed by atoms with Gasteiger partial charge in [0.25, 0.3) is 0 Å². The molecule has 4 heteroatoms. The molecule has 4 nitrogen and oxygen atoms in total. The molecule has 0 amide bonds. The SMILES string of the molecule is C1=CC2c3ccc(Nc4ccc(-c5nc6ccccc6o5)cc4)cc3N(c3ccccc3)C2C=C1. The summed E-state index contributed by atoms with van der Waals surface area (Å²) in [7, 11) is 0. The molecule has 2 heterocycles. The second kappa shape index (κ2) is 8.03. The van der Waals surface area contributed by atoms with E-state index >= 15 is 0 Å². The van der Waals surface area contributed by atoms with Gasteiger partial charge in [0.15, 0.2) is 5.58 Å². The van der Waals surface area contributed by atoms with Crippen molar-refractivity contribution in [3.63, 3.8) is 0 Å². The van der Waals surface area contributed by atoms with Crippen molar-refractivity contribution in [3.05, 3.63) is 127 Å². The third-order valence-corrected chi connectivity index (χ3v) is 6.80. The number of hydrogen-bond donors (Lipinski definition) is 1. The highest BCUT2D eigenvalue weighted by Crippen LogP contribution is 2.48. The first-order valence-corrected chi connectivity index (χ1v) is 11.9. The zero-order chi connectivity index (χ0) is 23.2. The molecule has 1 N–H and O–H groups in total. The summed E-state index contributed by atoms with van der Waals surface area (Å²) in [6.07, 6.45) is 8.92. The van der Waals surface area contributed by atoms with Gasteiger partial charge in [0.2, 0.25) is 5.89 Å². The van der Waals surface area contributed by atoms with Crippen LogP contribution in [-0.4, -0.2) is 11.0 Å². The largest absolute Gasteiger partial charge is 0.436 e. The summed E-state index contributed by atoms with van der Waals surface area (Å²) in [5.41, 5.74) is 8.52. The molecule has 0 fully saturated rings. The minimum atomic E-state index is 0.295. The maximum Gasteiger partial charge on any atom is 0.227 e. The van der Waals surface area contributed by atoms with Crippen molar-refractivity contribution in [1.29, 1.82) is 0 Å². The number of para-hydroxylation sites is 3. The van der Waals surface area contributed by atoms with E-state index in [9.17, 15) is 0 Å². The van der Waals surface area contributed by atoms with E-state index < -0.39 is 0 Å². The molecule has 35 heavy (non-hydrogen) atoms. The normalized spacial score (nSPS) is 18.0. The molecule has 2 atom stereocenters. The lowest BCUT2D eigenvalue weighted by atomic mass is 9.91. The van der Waals surface area contributed by atoms with Gasteiger partial charge < -0.3 is 14.6 Å². The smallest absolute Gasteiger partial charge is 0.227 e. The molecule has 5 aromatic rings. The molecule has 2 aliphatic rings. The number of allylic oxidation sites excluding steroid dienone is 2. The van der Waals surface area contributed by atoms with Crippen molar-refractivity contribution in [2.75, 3.05) is 10.2 Å². The lowest BCUT2D eigenvalue weighted by molar-refractivity contribution is 0.620. The number of anilines is 4. The number of rotatable bonds is 4. The maximum absolute atomic E-state index is 5.91. The Hall–Kier alpha value is -4.57. The second-order valence-corrected chi connectivity index (χ2v) is 8.95. The van der Waals surface area contributed by atoms with Crippen LogP contribution in [0.1, 0.15) is 11.5 Å². The van der Waals surface area contributed by atoms with Crippen LogP contribution >= 0.6 is 0 Å².